The number of fused-ring (bicyclic) bond motifs is 1. The van der Waals surface area contributed by atoms with Crippen molar-refractivity contribution in [3.63, 3.8) is 0 Å². The van der Waals surface area contributed by atoms with Crippen LogP contribution in [0.3, 0.4) is 0 Å². The zero-order valence-corrected chi connectivity index (χ0v) is 12.5. The largest absolute Gasteiger partial charge is 0.349 e. The molecule has 5 heteroatoms. The summed E-state index contributed by atoms with van der Waals surface area (Å²) in [5.41, 5.74) is 0. The Kier molecular flexibility index (Phi) is 3.94. The zero-order valence-electron chi connectivity index (χ0n) is 10.9. The third-order valence-electron chi connectivity index (χ3n) is 3.74. The highest BCUT2D eigenvalue weighted by molar-refractivity contribution is 7.21. The third-order valence-corrected chi connectivity index (χ3v) is 5.39. The molecule has 0 atom stereocenters. The van der Waals surface area contributed by atoms with Crippen LogP contribution in [0.5, 0.6) is 0 Å². The van der Waals surface area contributed by atoms with Gasteiger partial charge in [-0.1, -0.05) is 30.9 Å². The molecule has 3 rings (SSSR count). The standard InChI is InChI=1S/C15H15ClFNOS/c16-13-11-7-6-9(17)8-12(11)20-14(13)15(19)18-10-4-2-1-3-5-10/h6-8,10H,1-5H2,(H,18,19). The van der Waals surface area contributed by atoms with E-state index in [1.54, 1.807) is 6.07 Å². The Morgan fingerprint density at radius 3 is 2.80 bits per heavy atom. The summed E-state index contributed by atoms with van der Waals surface area (Å²) < 4.78 is 13.9. The fourth-order valence-corrected chi connectivity index (χ4v) is 4.13. The molecule has 0 unspecified atom stereocenters. The maximum Gasteiger partial charge on any atom is 0.263 e. The van der Waals surface area contributed by atoms with Gasteiger partial charge in [-0.2, -0.15) is 0 Å². The Hall–Kier alpha value is -1.13. The lowest BCUT2D eigenvalue weighted by Crippen LogP contribution is -2.35. The maximum atomic E-state index is 13.2. The van der Waals surface area contributed by atoms with Gasteiger partial charge >= 0.3 is 0 Å². The molecule has 2 nitrogen and oxygen atoms in total. The van der Waals surface area contributed by atoms with E-state index in [4.69, 9.17) is 11.6 Å². The van der Waals surface area contributed by atoms with Crippen LogP contribution in [0.1, 0.15) is 41.8 Å². The summed E-state index contributed by atoms with van der Waals surface area (Å²) in [6.07, 6.45) is 5.63. The smallest absolute Gasteiger partial charge is 0.263 e. The van der Waals surface area contributed by atoms with Crippen molar-refractivity contribution >= 4 is 38.9 Å². The number of halogens is 2. The van der Waals surface area contributed by atoms with Gasteiger partial charge in [-0.3, -0.25) is 4.79 Å². The SMILES string of the molecule is O=C(NC1CCCCC1)c1sc2cc(F)ccc2c1Cl. The Morgan fingerprint density at radius 2 is 2.05 bits per heavy atom. The normalized spacial score (nSPS) is 16.5. The van der Waals surface area contributed by atoms with Gasteiger partial charge in [-0.05, 0) is 31.0 Å². The van der Waals surface area contributed by atoms with Crippen LogP contribution in [-0.4, -0.2) is 11.9 Å². The molecule has 1 N–H and O–H groups in total. The Morgan fingerprint density at radius 1 is 1.30 bits per heavy atom. The molecule has 1 fully saturated rings. The van der Waals surface area contributed by atoms with Crippen LogP contribution in [0, 0.1) is 5.82 Å². The highest BCUT2D eigenvalue weighted by Gasteiger charge is 2.21. The molecule has 1 saturated carbocycles. The summed E-state index contributed by atoms with van der Waals surface area (Å²) in [6, 6.07) is 4.66. The minimum atomic E-state index is -0.311. The summed E-state index contributed by atoms with van der Waals surface area (Å²) >= 11 is 7.50. The summed E-state index contributed by atoms with van der Waals surface area (Å²) in [5.74, 6) is -0.446. The Bertz CT molecular complexity index is 649. The second-order valence-corrected chi connectivity index (χ2v) is 6.62. The number of benzene rings is 1. The van der Waals surface area contributed by atoms with E-state index in [0.29, 0.717) is 14.6 Å². The van der Waals surface area contributed by atoms with Crippen LogP contribution >= 0.6 is 22.9 Å². The molecule has 0 aliphatic heterocycles. The minimum absolute atomic E-state index is 0.136. The van der Waals surface area contributed by atoms with Crippen molar-refractivity contribution in [2.75, 3.05) is 0 Å². The Balaban J connectivity index is 1.85. The molecular formula is C15H15ClFNOS. The maximum absolute atomic E-state index is 13.2. The van der Waals surface area contributed by atoms with E-state index in [2.05, 4.69) is 5.32 Å². The molecule has 1 amide bonds. The van der Waals surface area contributed by atoms with Gasteiger partial charge in [0, 0.05) is 16.1 Å². The first-order chi connectivity index (χ1) is 9.65. The molecule has 0 bridgehead atoms. The number of carbonyl (C=O) groups is 1. The van der Waals surface area contributed by atoms with Crippen molar-refractivity contribution in [2.24, 2.45) is 0 Å². The number of rotatable bonds is 2. The van der Waals surface area contributed by atoms with Crippen molar-refractivity contribution in [2.45, 2.75) is 38.1 Å². The topological polar surface area (TPSA) is 29.1 Å². The lowest BCUT2D eigenvalue weighted by Gasteiger charge is -2.22. The van der Waals surface area contributed by atoms with Crippen molar-refractivity contribution in [3.05, 3.63) is 33.9 Å². The predicted octanol–water partition coefficient (Wildman–Crippen LogP) is 4.76. The van der Waals surface area contributed by atoms with Crippen molar-refractivity contribution in [3.8, 4) is 0 Å². The molecule has 1 aliphatic rings. The van der Waals surface area contributed by atoms with Gasteiger partial charge < -0.3 is 5.32 Å². The minimum Gasteiger partial charge on any atom is -0.349 e. The second-order valence-electron chi connectivity index (χ2n) is 5.19. The first kappa shape index (κ1) is 13.8. The average molecular weight is 312 g/mol. The fraction of sp³-hybridized carbons (Fsp3) is 0.400. The molecule has 106 valence electrons. The van der Waals surface area contributed by atoms with Crippen molar-refractivity contribution in [1.82, 2.24) is 5.32 Å². The van der Waals surface area contributed by atoms with Crippen LogP contribution in [0.25, 0.3) is 10.1 Å². The first-order valence-corrected chi connectivity index (χ1v) is 8.03. The van der Waals surface area contributed by atoms with E-state index in [-0.39, 0.29) is 17.8 Å². The van der Waals surface area contributed by atoms with E-state index in [9.17, 15) is 9.18 Å². The van der Waals surface area contributed by atoms with Gasteiger partial charge in [0.2, 0.25) is 0 Å². The zero-order chi connectivity index (χ0) is 14.1. The van der Waals surface area contributed by atoms with Crippen LogP contribution in [0.2, 0.25) is 5.02 Å². The highest BCUT2D eigenvalue weighted by Crippen LogP contribution is 2.35. The number of nitrogens with one attached hydrogen (secondary N) is 1. The molecule has 1 aliphatic carbocycles. The van der Waals surface area contributed by atoms with Gasteiger partial charge in [0.25, 0.3) is 5.91 Å². The molecular weight excluding hydrogens is 297 g/mol. The van der Waals surface area contributed by atoms with E-state index >= 15 is 0 Å². The molecule has 0 radical (unpaired) electrons. The van der Waals surface area contributed by atoms with Gasteiger partial charge in [-0.15, -0.1) is 11.3 Å². The van der Waals surface area contributed by atoms with Crippen LogP contribution in [-0.2, 0) is 0 Å². The molecule has 20 heavy (non-hydrogen) atoms. The molecule has 0 spiro atoms. The summed E-state index contributed by atoms with van der Waals surface area (Å²) in [4.78, 5) is 12.8. The molecule has 1 aromatic carbocycles. The highest BCUT2D eigenvalue weighted by atomic mass is 35.5. The number of carbonyl (C=O) groups excluding carboxylic acids is 1. The fourth-order valence-electron chi connectivity index (χ4n) is 2.68. The summed E-state index contributed by atoms with van der Waals surface area (Å²) in [6.45, 7) is 0. The number of thiophene rings is 1. The quantitative estimate of drug-likeness (QED) is 0.851. The van der Waals surface area contributed by atoms with E-state index in [0.717, 1.165) is 31.1 Å². The van der Waals surface area contributed by atoms with Gasteiger partial charge in [0.05, 0.1) is 5.02 Å². The third kappa shape index (κ3) is 2.67. The average Bonchev–Trinajstić information content (AvgIpc) is 2.76. The van der Waals surface area contributed by atoms with E-state index in [1.165, 1.54) is 29.9 Å². The summed E-state index contributed by atoms with van der Waals surface area (Å²) in [7, 11) is 0. The molecule has 2 aromatic rings. The lowest BCUT2D eigenvalue weighted by molar-refractivity contribution is 0.0932. The molecule has 1 aromatic heterocycles. The first-order valence-electron chi connectivity index (χ1n) is 6.83. The number of hydrogen-bond acceptors (Lipinski definition) is 2. The second kappa shape index (κ2) is 5.70. The monoisotopic (exact) mass is 311 g/mol. The summed E-state index contributed by atoms with van der Waals surface area (Å²) in [5, 5.41) is 4.22. The molecule has 0 saturated heterocycles. The van der Waals surface area contributed by atoms with E-state index < -0.39 is 0 Å². The number of amides is 1. The van der Waals surface area contributed by atoms with Gasteiger partial charge in [-0.25, -0.2) is 4.39 Å². The van der Waals surface area contributed by atoms with E-state index in [1.807, 2.05) is 0 Å². The van der Waals surface area contributed by atoms with Crippen molar-refractivity contribution in [1.29, 1.82) is 0 Å². The lowest BCUT2D eigenvalue weighted by atomic mass is 9.95. The van der Waals surface area contributed by atoms with Crippen LogP contribution in [0.4, 0.5) is 4.39 Å². The predicted molar refractivity (Wildman–Crippen MR) is 81.1 cm³/mol. The van der Waals surface area contributed by atoms with Crippen LogP contribution in [0.15, 0.2) is 18.2 Å². The van der Waals surface area contributed by atoms with Crippen LogP contribution < -0.4 is 5.32 Å². The molecule has 1 heterocycles. The van der Waals surface area contributed by atoms with Gasteiger partial charge in [0.1, 0.15) is 10.7 Å². The van der Waals surface area contributed by atoms with Crippen molar-refractivity contribution < 1.29 is 9.18 Å². The Labute approximate surface area is 125 Å². The number of hydrogen-bond donors (Lipinski definition) is 1. The van der Waals surface area contributed by atoms with Gasteiger partial charge in [0.15, 0.2) is 0 Å².